The van der Waals surface area contributed by atoms with Crippen LogP contribution in [0.1, 0.15) is 57.8 Å². The molecule has 4 nitrogen and oxygen atoms in total. The van der Waals surface area contributed by atoms with Crippen LogP contribution in [0.3, 0.4) is 0 Å². The van der Waals surface area contributed by atoms with Gasteiger partial charge >= 0.3 is 0 Å². The van der Waals surface area contributed by atoms with Crippen LogP contribution in [0.4, 0.5) is 0 Å². The molecule has 3 rings (SSSR count). The lowest BCUT2D eigenvalue weighted by molar-refractivity contribution is -0.0261. The van der Waals surface area contributed by atoms with Crippen LogP contribution in [0.5, 0.6) is 0 Å². The van der Waals surface area contributed by atoms with Gasteiger partial charge in [0, 0.05) is 0 Å². The molecule has 1 N–H and O–H groups in total. The Morgan fingerprint density at radius 1 is 1.16 bits per heavy atom. The van der Waals surface area contributed by atoms with Crippen LogP contribution in [0.2, 0.25) is 0 Å². The molecule has 2 fully saturated rings. The summed E-state index contributed by atoms with van der Waals surface area (Å²) in [6.07, 6.45) is 14.7. The molecule has 2 aliphatic rings. The summed E-state index contributed by atoms with van der Waals surface area (Å²) in [6, 6.07) is 0. The van der Waals surface area contributed by atoms with Gasteiger partial charge in [-0.2, -0.15) is 5.10 Å². The smallest absolute Gasteiger partial charge is 0.137 e. The molecule has 1 aromatic rings. The summed E-state index contributed by atoms with van der Waals surface area (Å²) < 4.78 is 1.79. The zero-order chi connectivity index (χ0) is 13.1. The van der Waals surface area contributed by atoms with Crippen molar-refractivity contribution in [1.29, 1.82) is 0 Å². The van der Waals surface area contributed by atoms with E-state index in [1.165, 1.54) is 44.9 Å². The van der Waals surface area contributed by atoms with Crippen molar-refractivity contribution >= 4 is 0 Å². The lowest BCUT2D eigenvalue weighted by Crippen LogP contribution is -2.39. The first kappa shape index (κ1) is 13.1. The Balaban J connectivity index is 1.62. The van der Waals surface area contributed by atoms with Crippen molar-refractivity contribution in [3.05, 3.63) is 12.7 Å². The Labute approximate surface area is 115 Å². The number of hydrogen-bond donors (Lipinski definition) is 1. The van der Waals surface area contributed by atoms with E-state index < -0.39 is 5.60 Å². The van der Waals surface area contributed by atoms with E-state index in [0.717, 1.165) is 18.8 Å². The Morgan fingerprint density at radius 2 is 2.00 bits per heavy atom. The predicted molar refractivity (Wildman–Crippen MR) is 73.5 cm³/mol. The molecule has 106 valence electrons. The summed E-state index contributed by atoms with van der Waals surface area (Å²) in [6.45, 7) is 0.615. The van der Waals surface area contributed by atoms with Gasteiger partial charge in [-0.25, -0.2) is 4.98 Å². The van der Waals surface area contributed by atoms with Crippen molar-refractivity contribution in [2.45, 2.75) is 69.9 Å². The van der Waals surface area contributed by atoms with Gasteiger partial charge in [-0.3, -0.25) is 4.68 Å². The summed E-state index contributed by atoms with van der Waals surface area (Å²) in [4.78, 5) is 3.98. The molecule has 2 atom stereocenters. The Bertz CT molecular complexity index is 386. The predicted octanol–water partition coefficient (Wildman–Crippen LogP) is 2.78. The second-order valence-electron chi connectivity index (χ2n) is 6.53. The van der Waals surface area contributed by atoms with E-state index in [1.807, 2.05) is 0 Å². The first-order valence-electron chi connectivity index (χ1n) is 7.81. The topological polar surface area (TPSA) is 50.9 Å². The minimum atomic E-state index is -0.550. The molecule has 0 bridgehead atoms. The maximum atomic E-state index is 11.0. The van der Waals surface area contributed by atoms with E-state index in [9.17, 15) is 5.11 Å². The summed E-state index contributed by atoms with van der Waals surface area (Å²) in [5, 5.41) is 15.1. The zero-order valence-corrected chi connectivity index (χ0v) is 11.7. The van der Waals surface area contributed by atoms with Crippen LogP contribution in [-0.4, -0.2) is 25.5 Å². The molecular weight excluding hydrogens is 238 g/mol. The fraction of sp³-hybridized carbons (Fsp3) is 0.867. The van der Waals surface area contributed by atoms with Crippen molar-refractivity contribution in [3.8, 4) is 0 Å². The summed E-state index contributed by atoms with van der Waals surface area (Å²) in [5.74, 6) is 1.30. The lowest BCUT2D eigenvalue weighted by Gasteiger charge is -2.33. The summed E-state index contributed by atoms with van der Waals surface area (Å²) in [5.41, 5.74) is -0.550. The number of aliphatic hydroxyl groups is 1. The highest BCUT2D eigenvalue weighted by atomic mass is 16.3. The average molecular weight is 263 g/mol. The van der Waals surface area contributed by atoms with E-state index in [0.29, 0.717) is 12.5 Å². The standard InChI is InChI=1S/C15H25N3O/c19-15(10-18-12-16-11-17-18)8-4-7-14(15)9-13-5-2-1-3-6-13/h11-14,19H,1-10H2. The fourth-order valence-electron chi connectivity index (χ4n) is 4.09. The zero-order valence-electron chi connectivity index (χ0n) is 11.7. The van der Waals surface area contributed by atoms with Crippen LogP contribution in [0.15, 0.2) is 12.7 Å². The van der Waals surface area contributed by atoms with Gasteiger partial charge in [-0.15, -0.1) is 0 Å². The van der Waals surface area contributed by atoms with Gasteiger partial charge in [0.25, 0.3) is 0 Å². The molecule has 2 aliphatic carbocycles. The second-order valence-corrected chi connectivity index (χ2v) is 6.53. The maximum absolute atomic E-state index is 11.0. The van der Waals surface area contributed by atoms with Crippen molar-refractivity contribution in [3.63, 3.8) is 0 Å². The van der Waals surface area contributed by atoms with Gasteiger partial charge in [0.1, 0.15) is 12.7 Å². The molecule has 0 aliphatic heterocycles. The molecular formula is C15H25N3O. The van der Waals surface area contributed by atoms with Crippen molar-refractivity contribution in [2.24, 2.45) is 11.8 Å². The van der Waals surface area contributed by atoms with Crippen LogP contribution >= 0.6 is 0 Å². The maximum Gasteiger partial charge on any atom is 0.137 e. The van der Waals surface area contributed by atoms with Crippen LogP contribution in [0, 0.1) is 11.8 Å². The van der Waals surface area contributed by atoms with E-state index in [1.54, 1.807) is 17.3 Å². The van der Waals surface area contributed by atoms with E-state index in [4.69, 9.17) is 0 Å². The third-order valence-electron chi connectivity index (χ3n) is 5.17. The van der Waals surface area contributed by atoms with Crippen molar-refractivity contribution < 1.29 is 5.11 Å². The first-order valence-corrected chi connectivity index (χ1v) is 7.81. The Morgan fingerprint density at radius 3 is 2.74 bits per heavy atom. The van der Waals surface area contributed by atoms with Crippen molar-refractivity contribution in [2.75, 3.05) is 0 Å². The van der Waals surface area contributed by atoms with Gasteiger partial charge in [-0.05, 0) is 31.1 Å². The molecule has 2 unspecified atom stereocenters. The van der Waals surface area contributed by atoms with E-state index in [-0.39, 0.29) is 0 Å². The van der Waals surface area contributed by atoms with Gasteiger partial charge in [-0.1, -0.05) is 38.5 Å². The van der Waals surface area contributed by atoms with E-state index in [2.05, 4.69) is 10.1 Å². The quantitative estimate of drug-likeness (QED) is 0.908. The fourth-order valence-corrected chi connectivity index (χ4v) is 4.09. The summed E-state index contributed by atoms with van der Waals surface area (Å²) >= 11 is 0. The molecule has 0 radical (unpaired) electrons. The summed E-state index contributed by atoms with van der Waals surface area (Å²) in [7, 11) is 0. The molecule has 0 amide bonds. The van der Waals surface area contributed by atoms with Gasteiger partial charge in [0.2, 0.25) is 0 Å². The largest absolute Gasteiger partial charge is 0.388 e. The highest BCUT2D eigenvalue weighted by Crippen LogP contribution is 2.43. The minimum absolute atomic E-state index is 0.458. The molecule has 1 heterocycles. The third-order valence-corrected chi connectivity index (χ3v) is 5.17. The molecule has 4 heteroatoms. The second kappa shape index (κ2) is 5.61. The number of nitrogens with zero attached hydrogens (tertiary/aromatic N) is 3. The van der Waals surface area contributed by atoms with Gasteiger partial charge < -0.3 is 5.11 Å². The van der Waals surface area contributed by atoms with Crippen LogP contribution < -0.4 is 0 Å². The van der Waals surface area contributed by atoms with E-state index >= 15 is 0 Å². The SMILES string of the molecule is OC1(Cn2cncn2)CCCC1CC1CCCCC1. The highest BCUT2D eigenvalue weighted by Gasteiger charge is 2.42. The molecule has 2 saturated carbocycles. The Kier molecular flexibility index (Phi) is 3.87. The average Bonchev–Trinajstić information content (AvgIpc) is 3.03. The Hall–Kier alpha value is -0.900. The normalized spacial score (nSPS) is 32.8. The number of aromatic nitrogens is 3. The van der Waals surface area contributed by atoms with Gasteiger partial charge in [0.05, 0.1) is 12.1 Å². The molecule has 1 aromatic heterocycles. The number of hydrogen-bond acceptors (Lipinski definition) is 3. The first-order chi connectivity index (χ1) is 9.26. The molecule has 0 spiro atoms. The number of rotatable bonds is 4. The molecule has 19 heavy (non-hydrogen) atoms. The third kappa shape index (κ3) is 2.99. The van der Waals surface area contributed by atoms with Crippen molar-refractivity contribution in [1.82, 2.24) is 14.8 Å². The molecule has 0 aromatic carbocycles. The minimum Gasteiger partial charge on any atom is -0.388 e. The highest BCUT2D eigenvalue weighted by molar-refractivity contribution is 4.93. The lowest BCUT2D eigenvalue weighted by atomic mass is 9.78. The van der Waals surface area contributed by atoms with Gasteiger partial charge in [0.15, 0.2) is 0 Å². The van der Waals surface area contributed by atoms with Crippen LogP contribution in [-0.2, 0) is 6.54 Å². The molecule has 0 saturated heterocycles. The monoisotopic (exact) mass is 263 g/mol. The van der Waals surface area contributed by atoms with Crippen LogP contribution in [0.25, 0.3) is 0 Å².